The highest BCUT2D eigenvalue weighted by Crippen LogP contribution is 2.44. The molecule has 1 aromatic rings. The summed E-state index contributed by atoms with van der Waals surface area (Å²) in [7, 11) is -4.50. The molecule has 1 nitrogen and oxygen atoms in total. The van der Waals surface area contributed by atoms with Crippen molar-refractivity contribution in [3.63, 3.8) is 0 Å². The zero-order chi connectivity index (χ0) is 7.61. The Kier molecular flexibility index (Phi) is 1.74. The van der Waals surface area contributed by atoms with Crippen molar-refractivity contribution >= 4 is 10.4 Å². The maximum atomic E-state index is 12.1. The Labute approximate surface area is 58.8 Å². The SMILES string of the molecule is N#S(F)(F)c1ccccc1. The molecule has 0 radical (unpaired) electrons. The van der Waals surface area contributed by atoms with E-state index in [1.807, 2.05) is 0 Å². The molecule has 54 valence electrons. The zero-order valence-corrected chi connectivity index (χ0v) is 5.81. The largest absolute Gasteiger partial charge is 0.261 e. The first-order chi connectivity index (χ1) is 4.61. The van der Waals surface area contributed by atoms with Crippen molar-refractivity contribution in [2.75, 3.05) is 0 Å². The van der Waals surface area contributed by atoms with E-state index in [1.54, 1.807) is 6.07 Å². The quantitative estimate of drug-likeness (QED) is 0.573. The molecule has 0 N–H and O–H groups in total. The summed E-state index contributed by atoms with van der Waals surface area (Å²) in [5, 5.41) is 0. The van der Waals surface area contributed by atoms with E-state index < -0.39 is 10.4 Å². The number of halogens is 2. The van der Waals surface area contributed by atoms with Crippen LogP contribution in [-0.4, -0.2) is 0 Å². The Hall–Kier alpha value is -0.860. The van der Waals surface area contributed by atoms with Gasteiger partial charge in [-0.25, -0.2) is 0 Å². The second kappa shape index (κ2) is 2.40. The van der Waals surface area contributed by atoms with Crippen LogP contribution in [0.4, 0.5) is 7.77 Å². The lowest BCUT2D eigenvalue weighted by atomic mass is 10.4. The molecule has 0 saturated carbocycles. The molecule has 0 aliphatic carbocycles. The Morgan fingerprint density at radius 1 is 1.10 bits per heavy atom. The van der Waals surface area contributed by atoms with Crippen LogP contribution in [0.25, 0.3) is 0 Å². The molecule has 0 fully saturated rings. The molecule has 0 spiro atoms. The van der Waals surface area contributed by atoms with Crippen LogP contribution in [0.1, 0.15) is 0 Å². The number of nitrogens with zero attached hydrogens (tertiary/aromatic N) is 1. The smallest absolute Gasteiger partial charge is 0.160 e. The van der Waals surface area contributed by atoms with Gasteiger partial charge in [0.15, 0.2) is 0 Å². The molecule has 1 rings (SSSR count). The number of hydrogen-bond donors (Lipinski definition) is 0. The first kappa shape index (κ1) is 7.25. The van der Waals surface area contributed by atoms with E-state index in [4.69, 9.17) is 4.61 Å². The van der Waals surface area contributed by atoms with Gasteiger partial charge in [0, 0.05) is 0 Å². The third-order valence-corrected chi connectivity index (χ3v) is 1.87. The topological polar surface area (TPSA) is 23.8 Å². The van der Waals surface area contributed by atoms with Gasteiger partial charge in [0.1, 0.15) is 0 Å². The summed E-state index contributed by atoms with van der Waals surface area (Å²) >= 11 is 0. The van der Waals surface area contributed by atoms with Crippen LogP contribution in [0.3, 0.4) is 0 Å². The number of rotatable bonds is 0. The molecule has 0 aliphatic heterocycles. The molecule has 0 heterocycles. The van der Waals surface area contributed by atoms with E-state index in [0.29, 0.717) is 0 Å². The van der Waals surface area contributed by atoms with E-state index in [-0.39, 0.29) is 4.90 Å². The zero-order valence-electron chi connectivity index (χ0n) is 5.00. The van der Waals surface area contributed by atoms with Crippen LogP contribution in [-0.2, 0) is 0 Å². The molecule has 0 aliphatic rings. The molecular weight excluding hydrogens is 156 g/mol. The predicted molar refractivity (Wildman–Crippen MR) is 36.2 cm³/mol. The summed E-state index contributed by atoms with van der Waals surface area (Å²) in [5.74, 6) is 0. The van der Waals surface area contributed by atoms with E-state index in [2.05, 4.69) is 0 Å². The second-order valence-corrected chi connectivity index (χ2v) is 3.11. The fourth-order valence-corrected chi connectivity index (χ4v) is 1.07. The first-order valence-electron chi connectivity index (χ1n) is 2.61. The van der Waals surface area contributed by atoms with Crippen LogP contribution in [0.15, 0.2) is 35.2 Å². The van der Waals surface area contributed by atoms with E-state index in [0.717, 1.165) is 0 Å². The van der Waals surface area contributed by atoms with Crippen molar-refractivity contribution in [1.82, 2.24) is 0 Å². The lowest BCUT2D eigenvalue weighted by Gasteiger charge is -1.96. The van der Waals surface area contributed by atoms with Crippen LogP contribution >= 0.6 is 10.4 Å². The highest BCUT2D eigenvalue weighted by Gasteiger charge is 2.11. The summed E-state index contributed by atoms with van der Waals surface area (Å²) in [5.41, 5.74) is 0. The highest BCUT2D eigenvalue weighted by atomic mass is 32.3. The van der Waals surface area contributed by atoms with Crippen molar-refractivity contribution in [2.45, 2.75) is 4.90 Å². The molecule has 0 saturated heterocycles. The molecule has 0 amide bonds. The highest BCUT2D eigenvalue weighted by molar-refractivity contribution is 8.12. The predicted octanol–water partition coefficient (Wildman–Crippen LogP) is 3.10. The maximum absolute atomic E-state index is 12.1. The van der Waals surface area contributed by atoms with Gasteiger partial charge < -0.3 is 0 Å². The van der Waals surface area contributed by atoms with Crippen LogP contribution < -0.4 is 0 Å². The van der Waals surface area contributed by atoms with Crippen molar-refractivity contribution in [3.05, 3.63) is 30.3 Å². The second-order valence-electron chi connectivity index (χ2n) is 1.75. The third-order valence-electron chi connectivity index (χ3n) is 1.03. The summed E-state index contributed by atoms with van der Waals surface area (Å²) < 4.78 is 32.4. The Balaban J connectivity index is 3.13. The number of benzene rings is 1. The van der Waals surface area contributed by atoms with E-state index in [9.17, 15) is 7.77 Å². The minimum Gasteiger partial charge on any atom is -0.160 e. The van der Waals surface area contributed by atoms with Gasteiger partial charge in [0.25, 0.3) is 10.4 Å². The summed E-state index contributed by atoms with van der Waals surface area (Å²) in [6.45, 7) is 0. The molecule has 0 unspecified atom stereocenters. The Bertz CT molecular complexity index is 303. The van der Waals surface area contributed by atoms with Gasteiger partial charge in [0.2, 0.25) is 0 Å². The van der Waals surface area contributed by atoms with E-state index >= 15 is 0 Å². The molecule has 0 bridgehead atoms. The fourth-order valence-electron chi connectivity index (χ4n) is 0.584. The molecule has 10 heavy (non-hydrogen) atoms. The van der Waals surface area contributed by atoms with Gasteiger partial charge in [-0.05, 0) is 12.1 Å². The van der Waals surface area contributed by atoms with Gasteiger partial charge in [0.05, 0.1) is 4.90 Å². The van der Waals surface area contributed by atoms with E-state index in [1.165, 1.54) is 24.3 Å². The Morgan fingerprint density at radius 2 is 1.60 bits per heavy atom. The lowest BCUT2D eigenvalue weighted by Crippen LogP contribution is -1.69. The van der Waals surface area contributed by atoms with Crippen molar-refractivity contribution in [2.24, 2.45) is 0 Å². The molecular formula is C6H5F2NS. The van der Waals surface area contributed by atoms with Crippen molar-refractivity contribution in [1.29, 1.82) is 4.61 Å². The molecule has 4 heteroatoms. The Morgan fingerprint density at radius 3 is 1.90 bits per heavy atom. The average Bonchev–Trinajstić information content (AvgIpc) is 1.88. The van der Waals surface area contributed by atoms with Crippen LogP contribution in [0, 0.1) is 4.61 Å². The van der Waals surface area contributed by atoms with Gasteiger partial charge in [-0.2, -0.15) is 4.61 Å². The van der Waals surface area contributed by atoms with Crippen LogP contribution in [0.5, 0.6) is 0 Å². The third kappa shape index (κ3) is 1.56. The monoisotopic (exact) mass is 161 g/mol. The van der Waals surface area contributed by atoms with Crippen molar-refractivity contribution in [3.8, 4) is 0 Å². The van der Waals surface area contributed by atoms with Crippen molar-refractivity contribution < 1.29 is 7.77 Å². The minimum absolute atomic E-state index is 0.296. The summed E-state index contributed by atoms with van der Waals surface area (Å²) in [6, 6.07) is 6.96. The maximum Gasteiger partial charge on any atom is 0.261 e. The molecule has 0 aromatic heterocycles. The first-order valence-corrected chi connectivity index (χ1v) is 4.00. The van der Waals surface area contributed by atoms with Gasteiger partial charge in [-0.15, -0.1) is 7.77 Å². The standard InChI is InChI=1S/C6H5F2NS/c7-10(8,9)6-4-2-1-3-5-6/h1-5H. The van der Waals surface area contributed by atoms with Crippen LogP contribution in [0.2, 0.25) is 0 Å². The lowest BCUT2D eigenvalue weighted by molar-refractivity contribution is 0.761. The van der Waals surface area contributed by atoms with Gasteiger partial charge in [-0.1, -0.05) is 18.2 Å². The van der Waals surface area contributed by atoms with Gasteiger partial charge in [-0.3, -0.25) is 0 Å². The fraction of sp³-hybridized carbons (Fsp3) is 0. The summed E-state index contributed by atoms with van der Waals surface area (Å²) in [4.78, 5) is -0.296. The average molecular weight is 161 g/mol. The molecule has 1 aromatic carbocycles. The summed E-state index contributed by atoms with van der Waals surface area (Å²) in [6.07, 6.45) is 0. The van der Waals surface area contributed by atoms with Gasteiger partial charge >= 0.3 is 0 Å². The molecule has 0 atom stereocenters. The minimum atomic E-state index is -4.50. The normalized spacial score (nSPS) is 11.3. The number of hydrogen-bond acceptors (Lipinski definition) is 1.